The van der Waals surface area contributed by atoms with E-state index in [1.54, 1.807) is 0 Å². The maximum Gasteiger partial charge on any atom is 0.338 e. The number of ether oxygens (including phenoxy) is 1. The molecule has 4 rings (SSSR count). The van der Waals surface area contributed by atoms with Gasteiger partial charge in [-0.2, -0.15) is 0 Å². The number of esters is 1. The minimum absolute atomic E-state index is 0.296. The van der Waals surface area contributed by atoms with E-state index < -0.39 is 12.0 Å². The van der Waals surface area contributed by atoms with Gasteiger partial charge in [0.1, 0.15) is 0 Å². The fraction of sp³-hybridized carbons (Fsp3) is 0.391. The van der Waals surface area contributed by atoms with Crippen LogP contribution in [-0.2, 0) is 9.53 Å². The van der Waals surface area contributed by atoms with Gasteiger partial charge >= 0.3 is 12.0 Å². The number of urea groups is 1. The maximum absolute atomic E-state index is 12.6. The Kier molecular flexibility index (Phi) is 6.29. The van der Waals surface area contributed by atoms with E-state index in [-0.39, 0.29) is 6.03 Å². The van der Waals surface area contributed by atoms with Crippen molar-refractivity contribution in [2.24, 2.45) is 0 Å². The van der Waals surface area contributed by atoms with E-state index in [0.717, 1.165) is 31.1 Å². The molecule has 2 aromatic rings. The highest BCUT2D eigenvalue weighted by Crippen LogP contribution is 2.31. The Morgan fingerprint density at radius 3 is 2.61 bits per heavy atom. The molecule has 1 saturated heterocycles. The number of carbonyl (C=O) groups is 2. The minimum Gasteiger partial charge on any atom is -0.466 e. The molecule has 2 N–H and O–H groups in total. The molecule has 31 heavy (non-hydrogen) atoms. The molecule has 1 aromatic carbocycles. The number of nitrogens with one attached hydrogen (secondary N) is 2. The fourth-order valence-electron chi connectivity index (χ4n) is 4.21. The summed E-state index contributed by atoms with van der Waals surface area (Å²) in [6.45, 7) is 8.29. The fourth-order valence-corrected chi connectivity index (χ4v) is 5.00. The molecule has 7 nitrogen and oxygen atoms in total. The largest absolute Gasteiger partial charge is 0.466 e. The van der Waals surface area contributed by atoms with Crippen molar-refractivity contribution in [3.63, 3.8) is 0 Å². The molecule has 0 spiro atoms. The van der Waals surface area contributed by atoms with Crippen LogP contribution in [0, 0.1) is 13.8 Å². The molecular formula is C23H28N4O3S. The predicted octanol–water partition coefficient (Wildman–Crippen LogP) is 2.97. The molecular weight excluding hydrogens is 412 g/mol. The Hall–Kier alpha value is -2.84. The number of amides is 2. The van der Waals surface area contributed by atoms with E-state index >= 15 is 0 Å². The zero-order valence-corrected chi connectivity index (χ0v) is 18.9. The van der Waals surface area contributed by atoms with Gasteiger partial charge in [-0.15, -0.1) is 11.3 Å². The van der Waals surface area contributed by atoms with Crippen molar-refractivity contribution < 1.29 is 14.3 Å². The van der Waals surface area contributed by atoms with E-state index in [1.165, 1.54) is 35.3 Å². The van der Waals surface area contributed by atoms with Crippen molar-refractivity contribution in [3.8, 4) is 0 Å². The van der Waals surface area contributed by atoms with Crippen molar-refractivity contribution >= 4 is 29.0 Å². The van der Waals surface area contributed by atoms with Crippen LogP contribution >= 0.6 is 11.3 Å². The maximum atomic E-state index is 12.6. The zero-order chi connectivity index (χ0) is 22.0. The smallest absolute Gasteiger partial charge is 0.338 e. The Bertz CT molecular complexity index is 994. The average Bonchev–Trinajstić information content (AvgIpc) is 3.30. The normalized spacial score (nSPS) is 19.8. The van der Waals surface area contributed by atoms with Gasteiger partial charge in [-0.05, 0) is 42.5 Å². The summed E-state index contributed by atoms with van der Waals surface area (Å²) in [7, 11) is 1.37. The number of aryl methyl sites for hydroxylation is 1. The SMILES string of the molecule is COC(=O)C1=C(CN2CCN(c3cccc(C)c3C)CC2)NC(=O)NC1c1cccs1. The summed E-state index contributed by atoms with van der Waals surface area (Å²) in [6, 6.07) is 9.46. The van der Waals surface area contributed by atoms with Gasteiger partial charge in [0.2, 0.25) is 0 Å². The number of hydrogen-bond donors (Lipinski definition) is 2. The molecule has 164 valence electrons. The third kappa shape index (κ3) is 4.45. The third-order valence-corrected chi connectivity index (χ3v) is 6.99. The van der Waals surface area contributed by atoms with Crippen LogP contribution in [0.15, 0.2) is 47.0 Å². The van der Waals surface area contributed by atoms with Crippen molar-refractivity contribution in [1.29, 1.82) is 0 Å². The first-order valence-electron chi connectivity index (χ1n) is 10.4. The monoisotopic (exact) mass is 440 g/mol. The number of nitrogens with zero attached hydrogens (tertiary/aromatic N) is 2. The molecule has 2 aliphatic rings. The molecule has 1 unspecified atom stereocenters. The van der Waals surface area contributed by atoms with E-state index in [4.69, 9.17) is 4.74 Å². The van der Waals surface area contributed by atoms with Gasteiger partial charge in [-0.3, -0.25) is 4.90 Å². The first-order valence-corrected chi connectivity index (χ1v) is 11.3. The number of methoxy groups -OCH3 is 1. The summed E-state index contributed by atoms with van der Waals surface area (Å²) in [6.07, 6.45) is 0. The molecule has 1 atom stereocenters. The lowest BCUT2D eigenvalue weighted by Gasteiger charge is -2.38. The van der Waals surface area contributed by atoms with E-state index in [1.807, 2.05) is 17.5 Å². The Balaban J connectivity index is 1.52. The summed E-state index contributed by atoms with van der Waals surface area (Å²) in [5.41, 5.74) is 4.98. The number of anilines is 1. The summed E-state index contributed by atoms with van der Waals surface area (Å²) in [5.74, 6) is -0.421. The topological polar surface area (TPSA) is 73.9 Å². The molecule has 8 heteroatoms. The second-order valence-electron chi connectivity index (χ2n) is 7.91. The van der Waals surface area contributed by atoms with Crippen LogP contribution in [0.25, 0.3) is 0 Å². The highest BCUT2D eigenvalue weighted by atomic mass is 32.1. The number of rotatable bonds is 5. The lowest BCUT2D eigenvalue weighted by atomic mass is 10.0. The highest BCUT2D eigenvalue weighted by Gasteiger charge is 2.35. The van der Waals surface area contributed by atoms with E-state index in [2.05, 4.69) is 52.5 Å². The van der Waals surface area contributed by atoms with Gasteiger partial charge in [0.15, 0.2) is 0 Å². The van der Waals surface area contributed by atoms with Crippen LogP contribution in [0.3, 0.4) is 0 Å². The van der Waals surface area contributed by atoms with Gasteiger partial charge in [0.25, 0.3) is 0 Å². The summed E-state index contributed by atoms with van der Waals surface area (Å²) in [4.78, 5) is 30.6. The van der Waals surface area contributed by atoms with Crippen LogP contribution in [0.5, 0.6) is 0 Å². The molecule has 0 aliphatic carbocycles. The molecule has 1 aromatic heterocycles. The lowest BCUT2D eigenvalue weighted by Crippen LogP contribution is -2.51. The molecule has 0 radical (unpaired) electrons. The first kappa shape index (κ1) is 21.4. The number of thiophene rings is 1. The standard InChI is InChI=1S/C23H28N4O3S/c1-15-6-4-7-18(16(15)2)27-11-9-26(10-12-27)14-17-20(22(28)30-3)21(25-23(29)24-17)19-8-5-13-31-19/h4-8,13,21H,9-12,14H2,1-3H3,(H2,24,25,29). The summed E-state index contributed by atoms with van der Waals surface area (Å²) >= 11 is 1.51. The van der Waals surface area contributed by atoms with Gasteiger partial charge < -0.3 is 20.3 Å². The van der Waals surface area contributed by atoms with Crippen LogP contribution < -0.4 is 15.5 Å². The Morgan fingerprint density at radius 2 is 1.94 bits per heavy atom. The van der Waals surface area contributed by atoms with E-state index in [9.17, 15) is 9.59 Å². The van der Waals surface area contributed by atoms with Crippen LogP contribution in [0.2, 0.25) is 0 Å². The summed E-state index contributed by atoms with van der Waals surface area (Å²) < 4.78 is 5.06. The number of benzene rings is 1. The highest BCUT2D eigenvalue weighted by molar-refractivity contribution is 7.10. The molecule has 1 fully saturated rings. The van der Waals surface area contributed by atoms with Crippen LogP contribution in [-0.4, -0.2) is 56.7 Å². The number of hydrogen-bond acceptors (Lipinski definition) is 6. The average molecular weight is 441 g/mol. The van der Waals surface area contributed by atoms with Crippen molar-refractivity contribution in [2.75, 3.05) is 44.7 Å². The van der Waals surface area contributed by atoms with Crippen LogP contribution in [0.4, 0.5) is 10.5 Å². The van der Waals surface area contributed by atoms with Crippen molar-refractivity contribution in [1.82, 2.24) is 15.5 Å². The Labute approximate surface area is 186 Å². The van der Waals surface area contributed by atoms with E-state index in [0.29, 0.717) is 17.8 Å². The van der Waals surface area contributed by atoms with Gasteiger partial charge in [0, 0.05) is 49.0 Å². The second-order valence-corrected chi connectivity index (χ2v) is 8.89. The number of piperazine rings is 1. The number of carbonyl (C=O) groups excluding carboxylic acids is 2. The summed E-state index contributed by atoms with van der Waals surface area (Å²) in [5, 5.41) is 7.66. The predicted molar refractivity (Wildman–Crippen MR) is 122 cm³/mol. The first-order chi connectivity index (χ1) is 15.0. The van der Waals surface area contributed by atoms with Gasteiger partial charge in [-0.1, -0.05) is 18.2 Å². The van der Waals surface area contributed by atoms with Crippen LogP contribution in [0.1, 0.15) is 22.0 Å². The van der Waals surface area contributed by atoms with Gasteiger partial charge in [-0.25, -0.2) is 9.59 Å². The quantitative estimate of drug-likeness (QED) is 0.700. The third-order valence-electron chi connectivity index (χ3n) is 6.06. The molecule has 2 aliphatic heterocycles. The second kappa shape index (κ2) is 9.11. The molecule has 0 saturated carbocycles. The Morgan fingerprint density at radius 1 is 1.16 bits per heavy atom. The molecule has 2 amide bonds. The zero-order valence-electron chi connectivity index (χ0n) is 18.1. The van der Waals surface area contributed by atoms with Crippen molar-refractivity contribution in [2.45, 2.75) is 19.9 Å². The molecule has 3 heterocycles. The van der Waals surface area contributed by atoms with Gasteiger partial charge in [0.05, 0.1) is 18.7 Å². The molecule has 0 bridgehead atoms. The minimum atomic E-state index is -0.493. The van der Waals surface area contributed by atoms with Crippen molar-refractivity contribution in [3.05, 3.63) is 63.0 Å². The lowest BCUT2D eigenvalue weighted by molar-refractivity contribution is -0.136.